The van der Waals surface area contributed by atoms with E-state index >= 15 is 0 Å². The first-order valence-electron chi connectivity index (χ1n) is 6.25. The molecule has 0 amide bonds. The van der Waals surface area contributed by atoms with Crippen LogP contribution in [0.3, 0.4) is 0 Å². The number of sulfonamides is 1. The number of nitrogens with one attached hydrogen (secondary N) is 1. The Kier molecular flexibility index (Phi) is 5.77. The molecular formula is C11H22N4O2S. The number of hydrogen-bond acceptors (Lipinski definition) is 4. The molecule has 0 aliphatic rings. The Labute approximate surface area is 109 Å². The van der Waals surface area contributed by atoms with E-state index in [1.165, 1.54) is 17.1 Å². The summed E-state index contributed by atoms with van der Waals surface area (Å²) in [5, 5.41) is 3.96. The lowest BCUT2D eigenvalue weighted by atomic mass is 10.0. The van der Waals surface area contributed by atoms with E-state index in [0.29, 0.717) is 25.6 Å². The Morgan fingerprint density at radius 1 is 1.44 bits per heavy atom. The summed E-state index contributed by atoms with van der Waals surface area (Å²) in [6, 6.07) is 0. The lowest BCUT2D eigenvalue weighted by Gasteiger charge is -2.12. The molecule has 18 heavy (non-hydrogen) atoms. The van der Waals surface area contributed by atoms with Gasteiger partial charge in [0.15, 0.2) is 0 Å². The maximum atomic E-state index is 12.0. The van der Waals surface area contributed by atoms with Gasteiger partial charge >= 0.3 is 0 Å². The van der Waals surface area contributed by atoms with Crippen molar-refractivity contribution in [1.29, 1.82) is 0 Å². The van der Waals surface area contributed by atoms with E-state index in [1.54, 1.807) is 0 Å². The second-order valence-corrected chi connectivity index (χ2v) is 6.03. The van der Waals surface area contributed by atoms with Gasteiger partial charge in [0.25, 0.3) is 0 Å². The molecule has 3 N–H and O–H groups in total. The quantitative estimate of drug-likeness (QED) is 0.724. The maximum Gasteiger partial charge on any atom is 0.243 e. The largest absolute Gasteiger partial charge is 0.329 e. The van der Waals surface area contributed by atoms with Gasteiger partial charge in [-0.1, -0.05) is 26.7 Å². The lowest BCUT2D eigenvalue weighted by Crippen LogP contribution is -2.28. The molecule has 1 aromatic heterocycles. The maximum absolute atomic E-state index is 12.0. The van der Waals surface area contributed by atoms with Crippen molar-refractivity contribution in [3.63, 3.8) is 0 Å². The number of nitrogens with zero attached hydrogens (tertiary/aromatic N) is 2. The summed E-state index contributed by atoms with van der Waals surface area (Å²) < 4.78 is 28.1. The van der Waals surface area contributed by atoms with Crippen LogP contribution in [-0.4, -0.2) is 31.3 Å². The van der Waals surface area contributed by atoms with E-state index in [-0.39, 0.29) is 4.90 Å². The van der Waals surface area contributed by atoms with Crippen LogP contribution < -0.4 is 10.5 Å². The van der Waals surface area contributed by atoms with Gasteiger partial charge in [0.05, 0.1) is 12.7 Å². The van der Waals surface area contributed by atoms with Gasteiger partial charge in [-0.05, 0) is 5.92 Å². The third kappa shape index (κ3) is 4.08. The van der Waals surface area contributed by atoms with E-state index in [2.05, 4.69) is 23.7 Å². The summed E-state index contributed by atoms with van der Waals surface area (Å²) in [5.41, 5.74) is 5.39. The van der Waals surface area contributed by atoms with E-state index in [0.717, 1.165) is 12.8 Å². The molecular weight excluding hydrogens is 252 g/mol. The lowest BCUT2D eigenvalue weighted by molar-refractivity contribution is 0.479. The van der Waals surface area contributed by atoms with Crippen molar-refractivity contribution in [3.8, 4) is 0 Å². The van der Waals surface area contributed by atoms with Crippen molar-refractivity contribution in [2.24, 2.45) is 11.7 Å². The monoisotopic (exact) mass is 274 g/mol. The molecule has 0 fully saturated rings. The summed E-state index contributed by atoms with van der Waals surface area (Å²) in [6.07, 6.45) is 4.78. The minimum atomic E-state index is -3.45. The molecule has 0 bridgehead atoms. The van der Waals surface area contributed by atoms with Crippen LogP contribution in [0.2, 0.25) is 0 Å². The first-order chi connectivity index (χ1) is 8.53. The fourth-order valence-electron chi connectivity index (χ4n) is 1.63. The summed E-state index contributed by atoms with van der Waals surface area (Å²) in [7, 11) is -3.45. The van der Waals surface area contributed by atoms with E-state index in [1.807, 2.05) is 0 Å². The number of hydrogen-bond donors (Lipinski definition) is 2. The molecule has 0 atom stereocenters. The average molecular weight is 274 g/mol. The fraction of sp³-hybridized carbons (Fsp3) is 0.727. The smallest absolute Gasteiger partial charge is 0.243 e. The number of nitrogens with two attached hydrogens (primary N) is 1. The molecule has 7 heteroatoms. The standard InChI is InChI=1S/C11H22N4O2S/c1-3-10(4-2)7-14-18(16,17)11-8-13-15(9-11)6-5-12/h8-10,14H,3-7,12H2,1-2H3. The molecule has 0 saturated carbocycles. The average Bonchev–Trinajstić information content (AvgIpc) is 2.80. The molecule has 0 spiro atoms. The first-order valence-corrected chi connectivity index (χ1v) is 7.74. The molecule has 0 radical (unpaired) electrons. The first kappa shape index (κ1) is 15.1. The summed E-state index contributed by atoms with van der Waals surface area (Å²) in [4.78, 5) is 0.196. The summed E-state index contributed by atoms with van der Waals surface area (Å²) in [5.74, 6) is 0.374. The molecule has 0 unspecified atom stereocenters. The van der Waals surface area contributed by atoms with Crippen molar-refractivity contribution in [2.75, 3.05) is 13.1 Å². The summed E-state index contributed by atoms with van der Waals surface area (Å²) >= 11 is 0. The predicted molar refractivity (Wildman–Crippen MR) is 70.5 cm³/mol. The Morgan fingerprint density at radius 3 is 2.67 bits per heavy atom. The van der Waals surface area contributed by atoms with Gasteiger partial charge in [-0.25, -0.2) is 13.1 Å². The predicted octanol–water partition coefficient (Wildman–Crippen LogP) is 0.556. The van der Waals surface area contributed by atoms with Crippen LogP contribution >= 0.6 is 0 Å². The van der Waals surface area contributed by atoms with Crippen LogP contribution in [0.4, 0.5) is 0 Å². The van der Waals surface area contributed by atoms with E-state index < -0.39 is 10.0 Å². The minimum absolute atomic E-state index is 0.196. The third-order valence-corrected chi connectivity index (χ3v) is 4.37. The van der Waals surface area contributed by atoms with Gasteiger partial charge in [-0.2, -0.15) is 5.10 Å². The zero-order valence-electron chi connectivity index (χ0n) is 11.0. The van der Waals surface area contributed by atoms with Crippen LogP contribution in [0, 0.1) is 5.92 Å². The molecule has 0 aliphatic carbocycles. The zero-order valence-corrected chi connectivity index (χ0v) is 11.8. The minimum Gasteiger partial charge on any atom is -0.329 e. The second kappa shape index (κ2) is 6.86. The second-order valence-electron chi connectivity index (χ2n) is 4.26. The van der Waals surface area contributed by atoms with Gasteiger partial charge in [0, 0.05) is 19.3 Å². The van der Waals surface area contributed by atoms with Crippen molar-refractivity contribution in [3.05, 3.63) is 12.4 Å². The highest BCUT2D eigenvalue weighted by Gasteiger charge is 2.17. The van der Waals surface area contributed by atoms with Crippen molar-refractivity contribution in [1.82, 2.24) is 14.5 Å². The molecule has 6 nitrogen and oxygen atoms in total. The number of aromatic nitrogens is 2. The SMILES string of the molecule is CCC(CC)CNS(=O)(=O)c1cnn(CCN)c1. The molecule has 1 aromatic rings. The fourth-order valence-corrected chi connectivity index (χ4v) is 2.69. The van der Waals surface area contributed by atoms with Gasteiger partial charge in [0.2, 0.25) is 10.0 Å². The van der Waals surface area contributed by atoms with Gasteiger partial charge in [0.1, 0.15) is 4.90 Å². The highest BCUT2D eigenvalue weighted by molar-refractivity contribution is 7.89. The van der Waals surface area contributed by atoms with Crippen LogP contribution in [0.1, 0.15) is 26.7 Å². The van der Waals surface area contributed by atoms with Crippen molar-refractivity contribution >= 4 is 10.0 Å². The Hall–Kier alpha value is -0.920. The van der Waals surface area contributed by atoms with Crippen molar-refractivity contribution in [2.45, 2.75) is 38.1 Å². The van der Waals surface area contributed by atoms with E-state index in [4.69, 9.17) is 5.73 Å². The Bertz CT molecular complexity index is 451. The molecule has 1 rings (SSSR count). The van der Waals surface area contributed by atoms with Crippen molar-refractivity contribution < 1.29 is 8.42 Å². The van der Waals surface area contributed by atoms with E-state index in [9.17, 15) is 8.42 Å². The van der Waals surface area contributed by atoms with Gasteiger partial charge in [-0.3, -0.25) is 4.68 Å². The van der Waals surface area contributed by atoms with Crippen LogP contribution in [0.25, 0.3) is 0 Å². The number of rotatable bonds is 8. The Morgan fingerprint density at radius 2 is 2.11 bits per heavy atom. The van der Waals surface area contributed by atoms with Crippen LogP contribution in [0.15, 0.2) is 17.3 Å². The van der Waals surface area contributed by atoms with Crippen LogP contribution in [0.5, 0.6) is 0 Å². The molecule has 0 aromatic carbocycles. The van der Waals surface area contributed by atoms with Crippen LogP contribution in [-0.2, 0) is 16.6 Å². The highest BCUT2D eigenvalue weighted by Crippen LogP contribution is 2.10. The molecule has 0 saturated heterocycles. The zero-order chi connectivity index (χ0) is 13.6. The van der Waals surface area contributed by atoms with Gasteiger partial charge < -0.3 is 5.73 Å². The molecule has 104 valence electrons. The Balaban J connectivity index is 2.67. The highest BCUT2D eigenvalue weighted by atomic mass is 32.2. The third-order valence-electron chi connectivity index (χ3n) is 2.99. The summed E-state index contributed by atoms with van der Waals surface area (Å²) in [6.45, 7) is 5.53. The van der Waals surface area contributed by atoms with Gasteiger partial charge in [-0.15, -0.1) is 0 Å². The topological polar surface area (TPSA) is 90.0 Å². The molecule has 1 heterocycles. The normalized spacial score (nSPS) is 12.2. The molecule has 0 aliphatic heterocycles.